The van der Waals surface area contributed by atoms with Crippen molar-refractivity contribution < 1.29 is 23.8 Å². The Morgan fingerprint density at radius 2 is 1.87 bits per heavy atom. The highest BCUT2D eigenvalue weighted by Gasteiger charge is 2.21. The van der Waals surface area contributed by atoms with Crippen LogP contribution in [0.3, 0.4) is 0 Å². The molecule has 0 aliphatic rings. The average molecular weight is 628 g/mol. The van der Waals surface area contributed by atoms with Gasteiger partial charge in [0.1, 0.15) is 5.82 Å². The minimum absolute atomic E-state index is 0.0433. The molecule has 2 aromatic heterocycles. The number of carboxylic acid groups (broad SMARTS) is 1. The highest BCUT2D eigenvalue weighted by molar-refractivity contribution is 7.11. The van der Waals surface area contributed by atoms with Crippen molar-refractivity contribution in [1.29, 1.82) is 0 Å². The highest BCUT2D eigenvalue weighted by Crippen LogP contribution is 2.30. The van der Waals surface area contributed by atoms with Crippen molar-refractivity contribution in [2.45, 2.75) is 59.5 Å². The molecule has 0 unspecified atom stereocenters. The lowest BCUT2D eigenvalue weighted by atomic mass is 9.98. The number of aromatic nitrogens is 2. The number of aryl methyl sites for hydroxylation is 1. The number of thiophene rings is 1. The standard InChI is InChI=1S/C36H38FN3O4S/c1-4-31-32(20-38-34(41)17-14-23(3)18-33-28-12-7-6-10-26(28)22-45-33)40(36(39-31)44-5-2)21-25-16-15-24(19-30(25)37)27-11-8-9-13-29(27)35(42)43/h6-13,15-16,19,22-23H,4-5,14,17-18,20-21H2,1-3H3,(H,38,41)(H,42,43)/t23-/m0/s1. The van der Waals surface area contributed by atoms with Crippen LogP contribution < -0.4 is 10.1 Å². The van der Waals surface area contributed by atoms with E-state index in [0.29, 0.717) is 48.1 Å². The number of carboxylic acids is 1. The van der Waals surface area contributed by atoms with Gasteiger partial charge in [-0.05, 0) is 71.5 Å². The quantitative estimate of drug-likeness (QED) is 0.131. The molecule has 2 N–H and O–H groups in total. The van der Waals surface area contributed by atoms with Crippen molar-refractivity contribution in [3.05, 3.63) is 105 Å². The molecular weight excluding hydrogens is 589 g/mol. The maximum absolute atomic E-state index is 15.5. The number of ether oxygens (including phenoxy) is 1. The summed E-state index contributed by atoms with van der Waals surface area (Å²) in [7, 11) is 0. The number of fused-ring (bicyclic) bond motifs is 1. The van der Waals surface area contributed by atoms with Gasteiger partial charge in [-0.15, -0.1) is 11.3 Å². The minimum atomic E-state index is -1.07. The zero-order chi connectivity index (χ0) is 31.9. The van der Waals surface area contributed by atoms with Crippen LogP contribution in [0.4, 0.5) is 4.39 Å². The number of imidazole rings is 1. The molecule has 7 nitrogen and oxygen atoms in total. The van der Waals surface area contributed by atoms with Crippen LogP contribution in [0.5, 0.6) is 6.01 Å². The van der Waals surface area contributed by atoms with Crippen LogP contribution in [0, 0.1) is 11.7 Å². The van der Waals surface area contributed by atoms with E-state index in [0.717, 1.165) is 24.2 Å². The number of benzene rings is 3. The van der Waals surface area contributed by atoms with E-state index in [1.165, 1.54) is 27.8 Å². The van der Waals surface area contributed by atoms with Crippen LogP contribution in [0.25, 0.3) is 21.9 Å². The molecule has 9 heteroatoms. The summed E-state index contributed by atoms with van der Waals surface area (Å²) < 4.78 is 23.2. The number of halogens is 1. The summed E-state index contributed by atoms with van der Waals surface area (Å²) in [5.41, 5.74) is 2.99. The summed E-state index contributed by atoms with van der Waals surface area (Å²) in [6.45, 7) is 6.81. The molecule has 0 radical (unpaired) electrons. The number of hydrogen-bond acceptors (Lipinski definition) is 5. The summed E-state index contributed by atoms with van der Waals surface area (Å²) >= 11 is 1.78. The number of carbonyl (C=O) groups is 2. The van der Waals surface area contributed by atoms with Crippen LogP contribution >= 0.6 is 11.3 Å². The Morgan fingerprint density at radius 3 is 2.62 bits per heavy atom. The van der Waals surface area contributed by atoms with Gasteiger partial charge in [0.05, 0.1) is 36.6 Å². The molecular formula is C36H38FN3O4S. The average Bonchev–Trinajstić information content (AvgIpc) is 3.60. The Balaban J connectivity index is 1.28. The number of amides is 1. The van der Waals surface area contributed by atoms with E-state index >= 15 is 4.39 Å². The number of hydrogen-bond donors (Lipinski definition) is 2. The molecule has 0 bridgehead atoms. The molecule has 0 aliphatic heterocycles. The van der Waals surface area contributed by atoms with E-state index in [1.807, 2.05) is 18.4 Å². The molecule has 2 heterocycles. The largest absolute Gasteiger partial charge is 0.478 e. The van der Waals surface area contributed by atoms with Gasteiger partial charge in [0.25, 0.3) is 6.01 Å². The number of nitrogens with zero attached hydrogens (tertiary/aromatic N) is 2. The second kappa shape index (κ2) is 14.5. The first-order chi connectivity index (χ1) is 21.8. The van der Waals surface area contributed by atoms with Crippen molar-refractivity contribution in [1.82, 2.24) is 14.9 Å². The fraction of sp³-hybridized carbons (Fsp3) is 0.306. The topological polar surface area (TPSA) is 93.5 Å². The van der Waals surface area contributed by atoms with Crippen LogP contribution in [0.15, 0.2) is 72.1 Å². The van der Waals surface area contributed by atoms with Gasteiger partial charge in [0.2, 0.25) is 5.91 Å². The van der Waals surface area contributed by atoms with E-state index in [1.54, 1.807) is 41.7 Å². The maximum Gasteiger partial charge on any atom is 0.336 e. The van der Waals surface area contributed by atoms with Crippen molar-refractivity contribution in [3.63, 3.8) is 0 Å². The lowest BCUT2D eigenvalue weighted by molar-refractivity contribution is -0.121. The van der Waals surface area contributed by atoms with Gasteiger partial charge in [-0.25, -0.2) is 9.18 Å². The summed E-state index contributed by atoms with van der Waals surface area (Å²) in [6.07, 6.45) is 2.73. The van der Waals surface area contributed by atoms with Crippen molar-refractivity contribution in [2.75, 3.05) is 6.61 Å². The predicted molar refractivity (Wildman–Crippen MR) is 176 cm³/mol. The van der Waals surface area contributed by atoms with Crippen molar-refractivity contribution in [3.8, 4) is 17.1 Å². The predicted octanol–water partition coefficient (Wildman–Crippen LogP) is 7.89. The number of aromatic carboxylic acids is 1. The monoisotopic (exact) mass is 627 g/mol. The summed E-state index contributed by atoms with van der Waals surface area (Å²) in [5, 5.41) is 17.4. The van der Waals surface area contributed by atoms with E-state index in [4.69, 9.17) is 4.74 Å². The van der Waals surface area contributed by atoms with E-state index in [2.05, 4.69) is 46.9 Å². The third kappa shape index (κ3) is 7.42. The third-order valence-electron chi connectivity index (χ3n) is 8.02. The van der Waals surface area contributed by atoms with Crippen LogP contribution in [-0.2, 0) is 30.7 Å². The smallest absolute Gasteiger partial charge is 0.336 e. The van der Waals surface area contributed by atoms with Gasteiger partial charge < -0.3 is 15.2 Å². The fourth-order valence-corrected chi connectivity index (χ4v) is 6.77. The van der Waals surface area contributed by atoms with Crippen molar-refractivity contribution in [2.24, 2.45) is 5.92 Å². The van der Waals surface area contributed by atoms with Crippen LogP contribution in [0.2, 0.25) is 0 Å². The van der Waals surface area contributed by atoms with Gasteiger partial charge >= 0.3 is 5.97 Å². The highest BCUT2D eigenvalue weighted by atomic mass is 32.1. The van der Waals surface area contributed by atoms with E-state index < -0.39 is 11.8 Å². The molecule has 1 amide bonds. The molecule has 0 fully saturated rings. The lowest BCUT2D eigenvalue weighted by Gasteiger charge is -2.15. The van der Waals surface area contributed by atoms with Gasteiger partial charge in [0.15, 0.2) is 0 Å². The Hall–Kier alpha value is -4.50. The van der Waals surface area contributed by atoms with E-state index in [9.17, 15) is 14.7 Å². The molecule has 0 saturated carbocycles. The SMILES string of the molecule is CCOc1nc(CC)c(CNC(=O)CC[C@H](C)Cc2scc3ccccc23)n1Cc1ccc(-c2ccccc2C(=O)O)cc1F. The molecule has 0 saturated heterocycles. The Kier molecular flexibility index (Phi) is 10.3. The summed E-state index contributed by atoms with van der Waals surface area (Å²) in [4.78, 5) is 30.7. The van der Waals surface area contributed by atoms with Gasteiger partial charge in [-0.2, -0.15) is 4.98 Å². The second-order valence-corrected chi connectivity index (χ2v) is 12.2. The van der Waals surface area contributed by atoms with E-state index in [-0.39, 0.29) is 24.6 Å². The van der Waals surface area contributed by atoms with Gasteiger partial charge in [0, 0.05) is 16.9 Å². The maximum atomic E-state index is 15.5. The summed E-state index contributed by atoms with van der Waals surface area (Å²) in [5.74, 6) is -1.23. The number of carbonyl (C=O) groups excluding carboxylic acids is 1. The number of rotatable bonds is 14. The van der Waals surface area contributed by atoms with Crippen LogP contribution in [-0.4, -0.2) is 33.1 Å². The molecule has 1 atom stereocenters. The van der Waals surface area contributed by atoms with Crippen LogP contribution in [0.1, 0.15) is 65.8 Å². The van der Waals surface area contributed by atoms with Gasteiger partial charge in [-0.1, -0.05) is 68.4 Å². The Bertz CT molecular complexity index is 1810. The molecule has 3 aromatic carbocycles. The Morgan fingerprint density at radius 1 is 1.09 bits per heavy atom. The fourth-order valence-electron chi connectivity index (χ4n) is 5.61. The first-order valence-electron chi connectivity index (χ1n) is 15.3. The Labute approximate surface area is 266 Å². The van der Waals surface area contributed by atoms with Crippen molar-refractivity contribution >= 4 is 34.0 Å². The zero-order valence-corrected chi connectivity index (χ0v) is 26.6. The third-order valence-corrected chi connectivity index (χ3v) is 9.06. The second-order valence-electron chi connectivity index (χ2n) is 11.2. The number of nitrogens with one attached hydrogen (secondary N) is 1. The lowest BCUT2D eigenvalue weighted by Crippen LogP contribution is -2.25. The summed E-state index contributed by atoms with van der Waals surface area (Å²) in [6, 6.07) is 20.1. The van der Waals surface area contributed by atoms with Gasteiger partial charge in [-0.3, -0.25) is 9.36 Å². The molecule has 5 aromatic rings. The molecule has 5 rings (SSSR count). The normalized spacial score (nSPS) is 11.9. The zero-order valence-electron chi connectivity index (χ0n) is 25.8. The molecule has 0 spiro atoms. The molecule has 45 heavy (non-hydrogen) atoms. The molecule has 0 aliphatic carbocycles. The first kappa shape index (κ1) is 31.9. The first-order valence-corrected chi connectivity index (χ1v) is 16.2. The molecule has 234 valence electrons. The minimum Gasteiger partial charge on any atom is -0.478 e.